The first-order valence-corrected chi connectivity index (χ1v) is 7.54. The normalized spacial score (nSPS) is 21.0. The molecule has 0 aliphatic carbocycles. The molecular formula is C16H25ClN2O. The van der Waals surface area contributed by atoms with Crippen LogP contribution in [-0.4, -0.2) is 30.8 Å². The summed E-state index contributed by atoms with van der Waals surface area (Å²) < 4.78 is 6.14. The van der Waals surface area contributed by atoms with Crippen LogP contribution in [0.3, 0.4) is 0 Å². The SMILES string of the molecule is CC1(C)CN(c2cc(Cl)ccc2CCN)CC(C)(C)O1. The average Bonchev–Trinajstić information content (AvgIpc) is 2.27. The molecule has 2 rings (SSSR count). The second-order valence-corrected chi connectivity index (χ2v) is 7.23. The summed E-state index contributed by atoms with van der Waals surface area (Å²) in [6.07, 6.45) is 0.866. The van der Waals surface area contributed by atoms with Crippen molar-refractivity contribution in [3.63, 3.8) is 0 Å². The van der Waals surface area contributed by atoms with E-state index in [1.807, 2.05) is 12.1 Å². The Morgan fingerprint density at radius 3 is 2.35 bits per heavy atom. The van der Waals surface area contributed by atoms with Crippen LogP contribution >= 0.6 is 11.6 Å². The zero-order chi connectivity index (χ0) is 15.0. The van der Waals surface area contributed by atoms with Crippen LogP contribution in [0.4, 0.5) is 5.69 Å². The van der Waals surface area contributed by atoms with Crippen molar-refractivity contribution in [1.29, 1.82) is 0 Å². The van der Waals surface area contributed by atoms with Gasteiger partial charge in [-0.1, -0.05) is 17.7 Å². The lowest BCUT2D eigenvalue weighted by Gasteiger charge is -2.48. The lowest BCUT2D eigenvalue weighted by molar-refractivity contribution is -0.133. The highest BCUT2D eigenvalue weighted by Gasteiger charge is 2.38. The summed E-state index contributed by atoms with van der Waals surface area (Å²) in [4.78, 5) is 2.38. The molecule has 0 radical (unpaired) electrons. The van der Waals surface area contributed by atoms with Crippen LogP contribution in [0.5, 0.6) is 0 Å². The van der Waals surface area contributed by atoms with Gasteiger partial charge in [-0.05, 0) is 58.4 Å². The molecule has 0 atom stereocenters. The second-order valence-electron chi connectivity index (χ2n) is 6.79. The summed E-state index contributed by atoms with van der Waals surface area (Å²) >= 11 is 6.19. The van der Waals surface area contributed by atoms with E-state index in [9.17, 15) is 0 Å². The van der Waals surface area contributed by atoms with Gasteiger partial charge in [-0.25, -0.2) is 0 Å². The fourth-order valence-electron chi connectivity index (χ4n) is 3.16. The van der Waals surface area contributed by atoms with Gasteiger partial charge in [-0.15, -0.1) is 0 Å². The third-order valence-electron chi connectivity index (χ3n) is 3.50. The number of hydrogen-bond donors (Lipinski definition) is 1. The fourth-order valence-corrected chi connectivity index (χ4v) is 3.32. The number of morpholine rings is 1. The minimum Gasteiger partial charge on any atom is -0.366 e. The van der Waals surface area contributed by atoms with Crippen LogP contribution in [0.2, 0.25) is 5.02 Å². The van der Waals surface area contributed by atoms with E-state index >= 15 is 0 Å². The van der Waals surface area contributed by atoms with Gasteiger partial charge in [-0.3, -0.25) is 0 Å². The van der Waals surface area contributed by atoms with Crippen molar-refractivity contribution in [2.24, 2.45) is 5.73 Å². The maximum absolute atomic E-state index is 6.19. The number of nitrogens with two attached hydrogens (primary N) is 1. The predicted molar refractivity (Wildman–Crippen MR) is 85.7 cm³/mol. The van der Waals surface area contributed by atoms with E-state index in [0.29, 0.717) is 6.54 Å². The first-order valence-electron chi connectivity index (χ1n) is 7.16. The summed E-state index contributed by atoms with van der Waals surface area (Å²) in [5.41, 5.74) is 7.82. The van der Waals surface area contributed by atoms with Crippen molar-refractivity contribution in [3.05, 3.63) is 28.8 Å². The van der Waals surface area contributed by atoms with Gasteiger partial charge < -0.3 is 15.4 Å². The zero-order valence-corrected chi connectivity index (χ0v) is 13.6. The van der Waals surface area contributed by atoms with Gasteiger partial charge in [0.1, 0.15) is 0 Å². The van der Waals surface area contributed by atoms with Crippen molar-refractivity contribution < 1.29 is 4.74 Å². The highest BCUT2D eigenvalue weighted by Crippen LogP contribution is 2.34. The van der Waals surface area contributed by atoms with Gasteiger partial charge in [-0.2, -0.15) is 0 Å². The molecule has 0 spiro atoms. The van der Waals surface area contributed by atoms with E-state index in [1.165, 1.54) is 11.3 Å². The molecule has 2 N–H and O–H groups in total. The lowest BCUT2D eigenvalue weighted by atomic mass is 9.97. The molecular weight excluding hydrogens is 272 g/mol. The Morgan fingerprint density at radius 1 is 1.20 bits per heavy atom. The Morgan fingerprint density at radius 2 is 1.80 bits per heavy atom. The number of hydrogen-bond acceptors (Lipinski definition) is 3. The molecule has 0 amide bonds. The predicted octanol–water partition coefficient (Wildman–Crippen LogP) is 3.24. The molecule has 0 unspecified atom stereocenters. The smallest absolute Gasteiger partial charge is 0.0808 e. The number of anilines is 1. The molecule has 0 bridgehead atoms. The first kappa shape index (κ1) is 15.6. The topological polar surface area (TPSA) is 38.5 Å². The molecule has 1 aromatic carbocycles. The van der Waals surface area contributed by atoms with E-state index in [2.05, 4.69) is 38.7 Å². The molecule has 1 saturated heterocycles. The molecule has 3 nitrogen and oxygen atoms in total. The highest BCUT2D eigenvalue weighted by molar-refractivity contribution is 6.30. The van der Waals surface area contributed by atoms with E-state index in [1.54, 1.807) is 0 Å². The quantitative estimate of drug-likeness (QED) is 0.930. The molecule has 1 heterocycles. The van der Waals surface area contributed by atoms with E-state index in [0.717, 1.165) is 24.5 Å². The third-order valence-corrected chi connectivity index (χ3v) is 3.73. The van der Waals surface area contributed by atoms with Crippen LogP contribution in [-0.2, 0) is 11.2 Å². The van der Waals surface area contributed by atoms with Gasteiger partial charge >= 0.3 is 0 Å². The molecule has 1 aromatic rings. The molecule has 112 valence electrons. The number of halogens is 1. The maximum atomic E-state index is 6.19. The largest absolute Gasteiger partial charge is 0.366 e. The van der Waals surface area contributed by atoms with E-state index < -0.39 is 0 Å². The Balaban J connectivity index is 2.36. The van der Waals surface area contributed by atoms with Gasteiger partial charge in [0.2, 0.25) is 0 Å². The van der Waals surface area contributed by atoms with Crippen molar-refractivity contribution in [3.8, 4) is 0 Å². The summed E-state index contributed by atoms with van der Waals surface area (Å²) in [5, 5.41) is 0.767. The number of rotatable bonds is 3. The molecule has 1 fully saturated rings. The molecule has 20 heavy (non-hydrogen) atoms. The third kappa shape index (κ3) is 3.66. The van der Waals surface area contributed by atoms with Crippen molar-refractivity contribution >= 4 is 17.3 Å². The second kappa shape index (κ2) is 5.55. The van der Waals surface area contributed by atoms with Crippen LogP contribution in [0, 0.1) is 0 Å². The van der Waals surface area contributed by atoms with Gasteiger partial charge in [0.25, 0.3) is 0 Å². The summed E-state index contributed by atoms with van der Waals surface area (Å²) in [6, 6.07) is 6.07. The average molecular weight is 297 g/mol. The Bertz CT molecular complexity index is 469. The van der Waals surface area contributed by atoms with Gasteiger partial charge in [0.05, 0.1) is 11.2 Å². The number of benzene rings is 1. The summed E-state index contributed by atoms with van der Waals surface area (Å²) in [7, 11) is 0. The molecule has 1 aliphatic heterocycles. The first-order chi connectivity index (χ1) is 9.22. The minimum absolute atomic E-state index is 0.177. The molecule has 1 aliphatic rings. The summed E-state index contributed by atoms with van der Waals surface area (Å²) in [6.45, 7) is 10.9. The number of ether oxygens (including phenoxy) is 1. The van der Waals surface area contributed by atoms with Crippen LogP contribution in [0.15, 0.2) is 18.2 Å². The Kier molecular flexibility index (Phi) is 4.33. The minimum atomic E-state index is -0.177. The molecule has 4 heteroatoms. The lowest BCUT2D eigenvalue weighted by Crippen LogP contribution is -2.57. The van der Waals surface area contributed by atoms with Crippen LogP contribution in [0.25, 0.3) is 0 Å². The van der Waals surface area contributed by atoms with Crippen LogP contribution < -0.4 is 10.6 Å². The van der Waals surface area contributed by atoms with Crippen LogP contribution in [0.1, 0.15) is 33.3 Å². The molecule has 0 saturated carbocycles. The van der Waals surface area contributed by atoms with Crippen molar-refractivity contribution in [2.75, 3.05) is 24.5 Å². The summed E-state index contributed by atoms with van der Waals surface area (Å²) in [5.74, 6) is 0. The van der Waals surface area contributed by atoms with Crippen molar-refractivity contribution in [2.45, 2.75) is 45.3 Å². The standard InChI is InChI=1S/C16H25ClN2O/c1-15(2)10-19(11-16(3,4)20-15)14-9-13(17)6-5-12(14)7-8-18/h5-6,9H,7-8,10-11,18H2,1-4H3. The van der Waals surface area contributed by atoms with E-state index in [4.69, 9.17) is 22.1 Å². The molecule has 0 aromatic heterocycles. The highest BCUT2D eigenvalue weighted by atomic mass is 35.5. The maximum Gasteiger partial charge on any atom is 0.0808 e. The van der Waals surface area contributed by atoms with Crippen molar-refractivity contribution in [1.82, 2.24) is 0 Å². The van der Waals surface area contributed by atoms with Gasteiger partial charge in [0.15, 0.2) is 0 Å². The zero-order valence-electron chi connectivity index (χ0n) is 12.9. The fraction of sp³-hybridized carbons (Fsp3) is 0.625. The Labute approximate surface area is 127 Å². The van der Waals surface area contributed by atoms with E-state index in [-0.39, 0.29) is 11.2 Å². The Hall–Kier alpha value is -0.770. The van der Waals surface area contributed by atoms with Gasteiger partial charge in [0, 0.05) is 23.8 Å². The monoisotopic (exact) mass is 296 g/mol. The number of nitrogens with zero attached hydrogens (tertiary/aromatic N) is 1.